The predicted molar refractivity (Wildman–Crippen MR) is 121 cm³/mol. The van der Waals surface area contributed by atoms with E-state index in [9.17, 15) is 22.8 Å². The van der Waals surface area contributed by atoms with Gasteiger partial charge >= 0.3 is 6.18 Å². The number of benzene rings is 2. The number of furan rings is 1. The number of halogens is 3. The predicted octanol–water partition coefficient (Wildman–Crippen LogP) is 6.04. The van der Waals surface area contributed by atoms with Crippen molar-refractivity contribution in [1.29, 1.82) is 0 Å². The van der Waals surface area contributed by atoms with E-state index >= 15 is 0 Å². The first-order valence-electron chi connectivity index (χ1n) is 10.4. The summed E-state index contributed by atoms with van der Waals surface area (Å²) in [5, 5.41) is 4.67. The van der Waals surface area contributed by atoms with Gasteiger partial charge in [-0.3, -0.25) is 9.59 Å². The van der Waals surface area contributed by atoms with Crippen LogP contribution in [0.25, 0.3) is 0 Å². The Morgan fingerprint density at radius 3 is 2.33 bits per heavy atom. The molecule has 3 aromatic rings. The standard InChI is InChI=1S/C24H24F3N3O3/c1-3-4-13-30(2)18-10-7-16(8-11-18)22(31)29-20-12-9-17(15-19(20)24(25,26)27)28-23(32)21-6-5-14-33-21/h5-12,14-15H,3-4,13H2,1-2H3,(H,28,32)(H,29,31). The Labute approximate surface area is 189 Å². The fourth-order valence-electron chi connectivity index (χ4n) is 3.15. The molecule has 174 valence electrons. The van der Waals surface area contributed by atoms with Gasteiger partial charge in [0.15, 0.2) is 5.76 Å². The van der Waals surface area contributed by atoms with Gasteiger partial charge in [-0.2, -0.15) is 13.2 Å². The molecule has 0 unspecified atom stereocenters. The molecule has 3 rings (SSSR count). The number of nitrogens with one attached hydrogen (secondary N) is 2. The fraction of sp³-hybridized carbons (Fsp3) is 0.250. The molecule has 1 heterocycles. The molecule has 0 bridgehead atoms. The smallest absolute Gasteiger partial charge is 0.418 e. The Kier molecular flexibility index (Phi) is 7.42. The number of alkyl halides is 3. The molecule has 0 atom stereocenters. The van der Waals surface area contributed by atoms with E-state index < -0.39 is 29.2 Å². The number of carbonyl (C=O) groups is 2. The average molecular weight is 459 g/mol. The van der Waals surface area contributed by atoms with Crippen molar-refractivity contribution in [3.63, 3.8) is 0 Å². The number of carbonyl (C=O) groups excluding carboxylic acids is 2. The second-order valence-electron chi connectivity index (χ2n) is 7.47. The van der Waals surface area contributed by atoms with E-state index in [0.29, 0.717) is 0 Å². The molecule has 0 spiro atoms. The van der Waals surface area contributed by atoms with E-state index in [0.717, 1.165) is 37.2 Å². The lowest BCUT2D eigenvalue weighted by molar-refractivity contribution is -0.136. The second-order valence-corrected chi connectivity index (χ2v) is 7.47. The van der Waals surface area contributed by atoms with Gasteiger partial charge in [0.1, 0.15) is 0 Å². The molecule has 0 saturated heterocycles. The lowest BCUT2D eigenvalue weighted by atomic mass is 10.1. The van der Waals surface area contributed by atoms with Crippen molar-refractivity contribution in [3.8, 4) is 0 Å². The number of nitrogens with zero attached hydrogens (tertiary/aromatic N) is 1. The number of rotatable bonds is 8. The molecule has 0 aliphatic rings. The zero-order chi connectivity index (χ0) is 24.0. The Morgan fingerprint density at radius 2 is 1.73 bits per heavy atom. The van der Waals surface area contributed by atoms with E-state index in [1.54, 1.807) is 24.3 Å². The van der Waals surface area contributed by atoms with Crippen LogP contribution in [0.5, 0.6) is 0 Å². The first-order valence-corrected chi connectivity index (χ1v) is 10.4. The summed E-state index contributed by atoms with van der Waals surface area (Å²) in [6.07, 6.45) is -1.39. The number of hydrogen-bond donors (Lipinski definition) is 2. The van der Waals surface area contributed by atoms with Crippen molar-refractivity contribution < 1.29 is 27.2 Å². The molecule has 6 nitrogen and oxygen atoms in total. The third-order valence-electron chi connectivity index (χ3n) is 4.99. The minimum Gasteiger partial charge on any atom is -0.459 e. The largest absolute Gasteiger partial charge is 0.459 e. The molecular formula is C24H24F3N3O3. The topological polar surface area (TPSA) is 74.6 Å². The Bertz CT molecular complexity index is 1090. The van der Waals surface area contributed by atoms with Gasteiger partial charge in [0.2, 0.25) is 0 Å². The number of hydrogen-bond acceptors (Lipinski definition) is 4. The minimum atomic E-state index is -4.75. The SMILES string of the molecule is CCCCN(C)c1ccc(C(=O)Nc2ccc(NC(=O)c3ccco3)cc2C(F)(F)F)cc1. The lowest BCUT2D eigenvalue weighted by Gasteiger charge is -2.19. The van der Waals surface area contributed by atoms with Crippen molar-refractivity contribution in [2.75, 3.05) is 29.1 Å². The van der Waals surface area contributed by atoms with Crippen LogP contribution in [0.3, 0.4) is 0 Å². The van der Waals surface area contributed by atoms with Crippen molar-refractivity contribution >= 4 is 28.9 Å². The zero-order valence-electron chi connectivity index (χ0n) is 18.2. The van der Waals surface area contributed by atoms with Gasteiger partial charge in [0, 0.05) is 30.5 Å². The molecule has 0 fully saturated rings. The molecule has 2 N–H and O–H groups in total. The van der Waals surface area contributed by atoms with Gasteiger partial charge in [-0.25, -0.2) is 0 Å². The van der Waals surface area contributed by atoms with Crippen molar-refractivity contribution in [1.82, 2.24) is 0 Å². The van der Waals surface area contributed by atoms with Crippen molar-refractivity contribution in [2.24, 2.45) is 0 Å². The first-order chi connectivity index (χ1) is 15.7. The highest BCUT2D eigenvalue weighted by Gasteiger charge is 2.34. The maximum absolute atomic E-state index is 13.6. The summed E-state index contributed by atoms with van der Waals surface area (Å²) in [7, 11) is 1.94. The monoisotopic (exact) mass is 459 g/mol. The van der Waals surface area contributed by atoms with Crippen LogP contribution in [0.15, 0.2) is 65.3 Å². The van der Waals surface area contributed by atoms with Crippen molar-refractivity contribution in [3.05, 3.63) is 77.7 Å². The molecular weight excluding hydrogens is 435 g/mol. The van der Waals surface area contributed by atoms with Crippen LogP contribution in [0.2, 0.25) is 0 Å². The van der Waals surface area contributed by atoms with E-state index in [4.69, 9.17) is 4.42 Å². The maximum atomic E-state index is 13.6. The van der Waals surface area contributed by atoms with Gasteiger partial charge in [-0.15, -0.1) is 0 Å². The highest BCUT2D eigenvalue weighted by molar-refractivity contribution is 6.05. The summed E-state index contributed by atoms with van der Waals surface area (Å²) in [5.41, 5.74) is -0.434. The van der Waals surface area contributed by atoms with Crippen LogP contribution in [-0.2, 0) is 6.18 Å². The summed E-state index contributed by atoms with van der Waals surface area (Å²) in [6.45, 7) is 2.95. The van der Waals surface area contributed by atoms with Gasteiger partial charge in [0.25, 0.3) is 11.8 Å². The molecule has 0 radical (unpaired) electrons. The molecule has 0 aliphatic heterocycles. The van der Waals surface area contributed by atoms with Gasteiger partial charge in [-0.1, -0.05) is 13.3 Å². The Morgan fingerprint density at radius 1 is 1.00 bits per heavy atom. The van der Waals surface area contributed by atoms with E-state index in [-0.39, 0.29) is 17.0 Å². The van der Waals surface area contributed by atoms with E-state index in [2.05, 4.69) is 17.6 Å². The number of anilines is 3. The van der Waals surface area contributed by atoms with Gasteiger partial charge < -0.3 is 20.0 Å². The Balaban J connectivity index is 1.76. The van der Waals surface area contributed by atoms with Crippen LogP contribution in [0.4, 0.5) is 30.2 Å². The first kappa shape index (κ1) is 23.9. The number of unbranched alkanes of at least 4 members (excludes halogenated alkanes) is 1. The molecule has 0 saturated carbocycles. The minimum absolute atomic E-state index is 0.0373. The molecule has 1 aromatic heterocycles. The van der Waals surface area contributed by atoms with Crippen molar-refractivity contribution in [2.45, 2.75) is 25.9 Å². The van der Waals surface area contributed by atoms with Gasteiger partial charge in [0.05, 0.1) is 17.5 Å². The third-order valence-corrected chi connectivity index (χ3v) is 4.99. The highest BCUT2D eigenvalue weighted by atomic mass is 19.4. The quantitative estimate of drug-likeness (QED) is 0.431. The highest BCUT2D eigenvalue weighted by Crippen LogP contribution is 2.37. The van der Waals surface area contributed by atoms with Crippen LogP contribution in [0, 0.1) is 0 Å². The van der Waals surface area contributed by atoms with Crippen LogP contribution >= 0.6 is 0 Å². The van der Waals surface area contributed by atoms with Gasteiger partial charge in [-0.05, 0) is 61.0 Å². The number of amides is 2. The molecule has 2 aromatic carbocycles. The maximum Gasteiger partial charge on any atom is 0.418 e. The summed E-state index contributed by atoms with van der Waals surface area (Å²) < 4.78 is 45.9. The zero-order valence-corrected chi connectivity index (χ0v) is 18.2. The normalized spacial score (nSPS) is 11.2. The van der Waals surface area contributed by atoms with E-state index in [1.807, 2.05) is 11.9 Å². The third kappa shape index (κ3) is 6.15. The summed E-state index contributed by atoms with van der Waals surface area (Å²) in [5.74, 6) is -1.39. The van der Waals surface area contributed by atoms with Crippen LogP contribution < -0.4 is 15.5 Å². The second kappa shape index (κ2) is 10.2. The summed E-state index contributed by atoms with van der Waals surface area (Å²) in [6, 6.07) is 12.7. The summed E-state index contributed by atoms with van der Waals surface area (Å²) in [4.78, 5) is 26.7. The molecule has 9 heteroatoms. The van der Waals surface area contributed by atoms with Crippen LogP contribution in [-0.4, -0.2) is 25.4 Å². The molecule has 2 amide bonds. The fourth-order valence-corrected chi connectivity index (χ4v) is 3.15. The average Bonchev–Trinajstić information content (AvgIpc) is 3.33. The van der Waals surface area contributed by atoms with E-state index in [1.165, 1.54) is 24.5 Å². The summed E-state index contributed by atoms with van der Waals surface area (Å²) >= 11 is 0. The Hall–Kier alpha value is -3.75. The molecule has 0 aliphatic carbocycles. The van der Waals surface area contributed by atoms with Crippen LogP contribution in [0.1, 0.15) is 46.2 Å². The lowest BCUT2D eigenvalue weighted by Crippen LogP contribution is -2.19. The molecule has 33 heavy (non-hydrogen) atoms.